The third-order valence-electron chi connectivity index (χ3n) is 2.43. The van der Waals surface area contributed by atoms with Crippen molar-refractivity contribution in [2.45, 2.75) is 66.3 Å². The van der Waals surface area contributed by atoms with Crippen LogP contribution in [0.1, 0.15) is 60.3 Å². The molecule has 0 saturated carbocycles. The molecule has 0 aliphatic heterocycles. The van der Waals surface area contributed by atoms with Gasteiger partial charge < -0.3 is 0 Å². The van der Waals surface area contributed by atoms with Crippen LogP contribution in [0.3, 0.4) is 0 Å². The molecule has 1 atom stereocenters. The Morgan fingerprint density at radius 3 is 2.07 bits per heavy atom. The summed E-state index contributed by atoms with van der Waals surface area (Å²) in [4.78, 5) is 0. The molecule has 86 valence electrons. The smallest absolute Gasteiger partial charge is 0.0215 e. The number of hydrogen-bond donors (Lipinski definition) is 2. The molecule has 0 aromatic carbocycles. The molecule has 0 spiro atoms. The summed E-state index contributed by atoms with van der Waals surface area (Å²) in [6.45, 7) is 11.3. The third kappa shape index (κ3) is 8.52. The molecule has 14 heavy (non-hydrogen) atoms. The second kappa shape index (κ2) is 6.41. The van der Waals surface area contributed by atoms with Crippen molar-refractivity contribution in [3.8, 4) is 0 Å². The fourth-order valence-electron chi connectivity index (χ4n) is 1.76. The molecule has 2 nitrogen and oxygen atoms in total. The summed E-state index contributed by atoms with van der Waals surface area (Å²) in [5.41, 5.74) is 3.30. The van der Waals surface area contributed by atoms with Crippen LogP contribution in [0.2, 0.25) is 0 Å². The van der Waals surface area contributed by atoms with Crippen LogP contribution in [0.5, 0.6) is 0 Å². The SMILES string of the molecule is CC(C)CCCC(CC(C)(C)C)NN. The lowest BCUT2D eigenvalue weighted by atomic mass is 9.86. The molecule has 2 heteroatoms. The fraction of sp³-hybridized carbons (Fsp3) is 1.00. The molecule has 0 rings (SSSR count). The van der Waals surface area contributed by atoms with E-state index in [0.29, 0.717) is 11.5 Å². The molecule has 0 bridgehead atoms. The molecule has 0 aliphatic carbocycles. The van der Waals surface area contributed by atoms with Crippen molar-refractivity contribution in [2.75, 3.05) is 0 Å². The maximum absolute atomic E-state index is 5.55. The predicted octanol–water partition coefficient (Wildman–Crippen LogP) is 3.08. The molecular weight excluding hydrogens is 172 g/mol. The highest BCUT2D eigenvalue weighted by atomic mass is 15.2. The van der Waals surface area contributed by atoms with Crippen molar-refractivity contribution in [1.82, 2.24) is 5.43 Å². The van der Waals surface area contributed by atoms with Gasteiger partial charge in [-0.2, -0.15) is 0 Å². The van der Waals surface area contributed by atoms with Crippen LogP contribution in [-0.2, 0) is 0 Å². The number of nitrogens with one attached hydrogen (secondary N) is 1. The molecule has 0 amide bonds. The Balaban J connectivity index is 3.69. The minimum Gasteiger partial charge on any atom is -0.271 e. The zero-order chi connectivity index (χ0) is 11.2. The Morgan fingerprint density at radius 2 is 1.71 bits per heavy atom. The van der Waals surface area contributed by atoms with Crippen molar-refractivity contribution in [1.29, 1.82) is 0 Å². The zero-order valence-corrected chi connectivity index (χ0v) is 10.6. The van der Waals surface area contributed by atoms with E-state index in [4.69, 9.17) is 5.84 Å². The number of hydrazine groups is 1. The van der Waals surface area contributed by atoms with Gasteiger partial charge in [0.1, 0.15) is 0 Å². The van der Waals surface area contributed by atoms with Gasteiger partial charge >= 0.3 is 0 Å². The topological polar surface area (TPSA) is 38.0 Å². The van der Waals surface area contributed by atoms with E-state index in [1.807, 2.05) is 0 Å². The van der Waals surface area contributed by atoms with Gasteiger partial charge in [0.15, 0.2) is 0 Å². The summed E-state index contributed by atoms with van der Waals surface area (Å²) >= 11 is 0. The number of hydrogen-bond acceptors (Lipinski definition) is 2. The normalized spacial score (nSPS) is 14.8. The Bertz CT molecular complexity index is 136. The second-order valence-corrected chi connectivity index (χ2v) is 5.95. The van der Waals surface area contributed by atoms with Crippen molar-refractivity contribution in [3.63, 3.8) is 0 Å². The third-order valence-corrected chi connectivity index (χ3v) is 2.43. The average Bonchev–Trinajstić information content (AvgIpc) is 1.99. The number of nitrogens with two attached hydrogens (primary N) is 1. The lowest BCUT2D eigenvalue weighted by Gasteiger charge is -2.25. The van der Waals surface area contributed by atoms with Gasteiger partial charge in [-0.1, -0.05) is 47.5 Å². The first-order valence-corrected chi connectivity index (χ1v) is 5.81. The van der Waals surface area contributed by atoms with E-state index in [1.165, 1.54) is 19.3 Å². The Labute approximate surface area is 89.6 Å². The summed E-state index contributed by atoms with van der Waals surface area (Å²) in [7, 11) is 0. The van der Waals surface area contributed by atoms with E-state index < -0.39 is 0 Å². The van der Waals surface area contributed by atoms with Gasteiger partial charge in [-0.15, -0.1) is 0 Å². The van der Waals surface area contributed by atoms with Crippen LogP contribution >= 0.6 is 0 Å². The Hall–Kier alpha value is -0.0800. The minimum atomic E-state index is 0.370. The van der Waals surface area contributed by atoms with Crippen molar-refractivity contribution in [2.24, 2.45) is 17.2 Å². The maximum Gasteiger partial charge on any atom is 0.0215 e. The Morgan fingerprint density at radius 1 is 1.14 bits per heavy atom. The van der Waals surface area contributed by atoms with Crippen LogP contribution in [-0.4, -0.2) is 6.04 Å². The fourth-order valence-corrected chi connectivity index (χ4v) is 1.76. The molecule has 0 saturated heterocycles. The predicted molar refractivity (Wildman–Crippen MR) is 63.9 cm³/mol. The first-order valence-electron chi connectivity index (χ1n) is 5.81. The van der Waals surface area contributed by atoms with E-state index in [-0.39, 0.29) is 0 Å². The number of rotatable bonds is 6. The molecule has 0 heterocycles. The molecule has 0 fully saturated rings. The van der Waals surface area contributed by atoms with E-state index in [9.17, 15) is 0 Å². The van der Waals surface area contributed by atoms with E-state index >= 15 is 0 Å². The van der Waals surface area contributed by atoms with E-state index in [2.05, 4.69) is 40.0 Å². The van der Waals surface area contributed by atoms with Crippen molar-refractivity contribution >= 4 is 0 Å². The van der Waals surface area contributed by atoms with Gasteiger partial charge in [-0.3, -0.25) is 11.3 Å². The molecular formula is C12H28N2. The van der Waals surface area contributed by atoms with Gasteiger partial charge in [0.05, 0.1) is 0 Å². The molecule has 0 aromatic heterocycles. The van der Waals surface area contributed by atoms with Crippen LogP contribution in [0.4, 0.5) is 0 Å². The van der Waals surface area contributed by atoms with Gasteiger partial charge in [-0.05, 0) is 24.2 Å². The van der Waals surface area contributed by atoms with Crippen LogP contribution in [0.15, 0.2) is 0 Å². The summed E-state index contributed by atoms with van der Waals surface area (Å²) in [5.74, 6) is 6.36. The maximum atomic E-state index is 5.55. The highest BCUT2D eigenvalue weighted by Gasteiger charge is 2.17. The van der Waals surface area contributed by atoms with Crippen molar-refractivity contribution < 1.29 is 0 Å². The first-order chi connectivity index (χ1) is 6.35. The summed E-state index contributed by atoms with van der Waals surface area (Å²) < 4.78 is 0. The first kappa shape index (κ1) is 13.9. The quantitative estimate of drug-likeness (QED) is 0.511. The van der Waals surface area contributed by atoms with Crippen LogP contribution < -0.4 is 11.3 Å². The molecule has 1 unspecified atom stereocenters. The lowest BCUT2D eigenvalue weighted by molar-refractivity contribution is 0.293. The highest BCUT2D eigenvalue weighted by Crippen LogP contribution is 2.23. The van der Waals surface area contributed by atoms with E-state index in [1.54, 1.807) is 0 Å². The Kier molecular flexibility index (Phi) is 6.38. The van der Waals surface area contributed by atoms with Crippen LogP contribution in [0.25, 0.3) is 0 Å². The molecule has 3 N–H and O–H groups in total. The molecule has 0 aromatic rings. The van der Waals surface area contributed by atoms with Gasteiger partial charge in [0.25, 0.3) is 0 Å². The summed E-state index contributed by atoms with van der Waals surface area (Å²) in [6.07, 6.45) is 4.94. The molecule has 0 aliphatic rings. The van der Waals surface area contributed by atoms with Crippen molar-refractivity contribution in [3.05, 3.63) is 0 Å². The largest absolute Gasteiger partial charge is 0.271 e. The molecule has 0 radical (unpaired) electrons. The van der Waals surface area contributed by atoms with Gasteiger partial charge in [0.2, 0.25) is 0 Å². The highest BCUT2D eigenvalue weighted by molar-refractivity contribution is 4.72. The van der Waals surface area contributed by atoms with Gasteiger partial charge in [-0.25, -0.2) is 0 Å². The second-order valence-electron chi connectivity index (χ2n) is 5.95. The summed E-state index contributed by atoms with van der Waals surface area (Å²) in [5, 5.41) is 0. The monoisotopic (exact) mass is 200 g/mol. The van der Waals surface area contributed by atoms with Crippen LogP contribution in [0, 0.1) is 11.3 Å². The lowest BCUT2D eigenvalue weighted by Crippen LogP contribution is -2.37. The average molecular weight is 200 g/mol. The zero-order valence-electron chi connectivity index (χ0n) is 10.6. The standard InChI is InChI=1S/C12H28N2/c1-10(2)7-6-8-11(14-13)9-12(3,4)5/h10-11,14H,6-9,13H2,1-5H3. The van der Waals surface area contributed by atoms with Gasteiger partial charge in [0, 0.05) is 6.04 Å². The van der Waals surface area contributed by atoms with E-state index in [0.717, 1.165) is 12.3 Å². The summed E-state index contributed by atoms with van der Waals surface area (Å²) in [6, 6.07) is 0.480. The minimum absolute atomic E-state index is 0.370.